The quantitative estimate of drug-likeness (QED) is 0.807. The van der Waals surface area contributed by atoms with Gasteiger partial charge in [-0.05, 0) is 43.0 Å². The maximum Gasteiger partial charge on any atom is 0.0426 e. The van der Waals surface area contributed by atoms with E-state index >= 15 is 0 Å². The Bertz CT molecular complexity index is 439. The Balaban J connectivity index is 2.09. The molecule has 1 aliphatic carbocycles. The summed E-state index contributed by atoms with van der Waals surface area (Å²) in [5.41, 5.74) is 2.65. The number of benzene rings is 1. The maximum atomic E-state index is 6.24. The first-order valence-corrected chi connectivity index (χ1v) is 8.67. The summed E-state index contributed by atoms with van der Waals surface area (Å²) in [6.07, 6.45) is 6.72. The van der Waals surface area contributed by atoms with Crippen molar-refractivity contribution in [1.29, 1.82) is 0 Å². The fourth-order valence-electron chi connectivity index (χ4n) is 3.18. The van der Waals surface area contributed by atoms with Gasteiger partial charge < -0.3 is 10.2 Å². The summed E-state index contributed by atoms with van der Waals surface area (Å²) in [6, 6.07) is 6.97. The average Bonchev–Trinajstić information content (AvgIpc) is 2.48. The molecule has 1 aliphatic rings. The Morgan fingerprint density at radius 1 is 1.24 bits per heavy atom. The molecular formula is C18H29ClN2. The van der Waals surface area contributed by atoms with E-state index in [1.807, 2.05) is 6.07 Å². The Morgan fingerprint density at radius 2 is 1.95 bits per heavy atom. The molecule has 1 fully saturated rings. The van der Waals surface area contributed by atoms with Crippen LogP contribution in [-0.2, 0) is 6.54 Å². The van der Waals surface area contributed by atoms with Gasteiger partial charge >= 0.3 is 0 Å². The van der Waals surface area contributed by atoms with Crippen molar-refractivity contribution in [2.24, 2.45) is 5.92 Å². The van der Waals surface area contributed by atoms with Crippen LogP contribution in [0.3, 0.4) is 0 Å². The van der Waals surface area contributed by atoms with Gasteiger partial charge in [-0.25, -0.2) is 0 Å². The fourth-order valence-corrected chi connectivity index (χ4v) is 3.34. The second kappa shape index (κ2) is 8.05. The van der Waals surface area contributed by atoms with Crippen LogP contribution in [-0.4, -0.2) is 19.6 Å². The monoisotopic (exact) mass is 308 g/mol. The molecule has 1 aromatic carbocycles. The van der Waals surface area contributed by atoms with Crippen molar-refractivity contribution in [2.45, 2.75) is 58.5 Å². The molecule has 1 N–H and O–H groups in total. The summed E-state index contributed by atoms with van der Waals surface area (Å²) in [5.74, 6) is 0.678. The summed E-state index contributed by atoms with van der Waals surface area (Å²) in [7, 11) is 2.23. The molecule has 0 radical (unpaired) electrons. The van der Waals surface area contributed by atoms with Crippen molar-refractivity contribution >= 4 is 17.3 Å². The van der Waals surface area contributed by atoms with E-state index in [1.54, 1.807) is 0 Å². The van der Waals surface area contributed by atoms with Gasteiger partial charge in [0, 0.05) is 30.3 Å². The zero-order valence-corrected chi connectivity index (χ0v) is 14.4. The number of nitrogens with zero attached hydrogens (tertiary/aromatic N) is 1. The van der Waals surface area contributed by atoms with Gasteiger partial charge in [0.25, 0.3) is 0 Å². The number of anilines is 1. The Morgan fingerprint density at radius 3 is 2.62 bits per heavy atom. The SMILES string of the molecule is CC(C)CNCc1ccc(Cl)cc1N(C)C1CCCCC1. The summed E-state index contributed by atoms with van der Waals surface area (Å²) in [4.78, 5) is 2.46. The van der Waals surface area contributed by atoms with Gasteiger partial charge in [-0.1, -0.05) is 50.8 Å². The van der Waals surface area contributed by atoms with Crippen molar-refractivity contribution in [3.63, 3.8) is 0 Å². The molecule has 2 rings (SSSR count). The first-order valence-electron chi connectivity index (χ1n) is 8.30. The van der Waals surface area contributed by atoms with Crippen LogP contribution in [0.5, 0.6) is 0 Å². The van der Waals surface area contributed by atoms with Crippen LogP contribution < -0.4 is 10.2 Å². The van der Waals surface area contributed by atoms with E-state index in [4.69, 9.17) is 11.6 Å². The summed E-state index contributed by atoms with van der Waals surface area (Å²) in [6.45, 7) is 6.45. The molecule has 2 nitrogen and oxygen atoms in total. The van der Waals surface area contributed by atoms with Crippen LogP contribution in [0.25, 0.3) is 0 Å². The number of rotatable bonds is 6. The predicted octanol–water partition coefficient (Wildman–Crippen LogP) is 4.85. The van der Waals surface area contributed by atoms with Gasteiger partial charge in [-0.3, -0.25) is 0 Å². The molecule has 0 heterocycles. The normalized spacial score (nSPS) is 16.4. The van der Waals surface area contributed by atoms with Crippen molar-refractivity contribution in [3.05, 3.63) is 28.8 Å². The molecule has 0 unspecified atom stereocenters. The lowest BCUT2D eigenvalue weighted by molar-refractivity contribution is 0.427. The molecule has 0 atom stereocenters. The highest BCUT2D eigenvalue weighted by Crippen LogP contribution is 2.30. The number of halogens is 1. The minimum absolute atomic E-state index is 0.668. The average molecular weight is 309 g/mol. The minimum Gasteiger partial charge on any atom is -0.371 e. The third-order valence-corrected chi connectivity index (χ3v) is 4.65. The third-order valence-electron chi connectivity index (χ3n) is 4.42. The molecule has 0 spiro atoms. The Hall–Kier alpha value is -0.730. The van der Waals surface area contributed by atoms with Crippen LogP contribution in [0.15, 0.2) is 18.2 Å². The predicted molar refractivity (Wildman–Crippen MR) is 93.3 cm³/mol. The molecule has 118 valence electrons. The van der Waals surface area contributed by atoms with Crippen LogP contribution in [0, 0.1) is 5.92 Å². The van der Waals surface area contributed by atoms with Crippen molar-refractivity contribution < 1.29 is 0 Å². The summed E-state index contributed by atoms with van der Waals surface area (Å²) < 4.78 is 0. The lowest BCUT2D eigenvalue weighted by Gasteiger charge is -2.34. The molecule has 0 aliphatic heterocycles. The van der Waals surface area contributed by atoms with Gasteiger partial charge in [-0.15, -0.1) is 0 Å². The summed E-state index contributed by atoms with van der Waals surface area (Å²) in [5, 5.41) is 4.38. The Kier molecular flexibility index (Phi) is 6.38. The van der Waals surface area contributed by atoms with Gasteiger partial charge in [0.1, 0.15) is 0 Å². The topological polar surface area (TPSA) is 15.3 Å². The third kappa shape index (κ3) is 4.89. The molecule has 0 aromatic heterocycles. The van der Waals surface area contributed by atoms with Gasteiger partial charge in [0.05, 0.1) is 0 Å². The number of hydrogen-bond donors (Lipinski definition) is 1. The van der Waals surface area contributed by atoms with Gasteiger partial charge in [0.15, 0.2) is 0 Å². The second-order valence-electron chi connectivity index (χ2n) is 6.70. The van der Waals surface area contributed by atoms with Crippen molar-refractivity contribution in [2.75, 3.05) is 18.5 Å². The van der Waals surface area contributed by atoms with Crippen LogP contribution in [0.2, 0.25) is 5.02 Å². The molecule has 0 saturated heterocycles. The van der Waals surface area contributed by atoms with E-state index in [-0.39, 0.29) is 0 Å². The first kappa shape index (κ1) is 16.6. The van der Waals surface area contributed by atoms with Crippen LogP contribution in [0.1, 0.15) is 51.5 Å². The van der Waals surface area contributed by atoms with E-state index in [0.717, 1.165) is 18.1 Å². The molecule has 1 aromatic rings. The van der Waals surface area contributed by atoms with E-state index in [1.165, 1.54) is 43.4 Å². The lowest BCUT2D eigenvalue weighted by atomic mass is 9.94. The standard InChI is InChI=1S/C18H29ClN2/c1-14(2)12-20-13-15-9-10-16(19)11-18(15)21(3)17-7-5-4-6-8-17/h9-11,14,17,20H,4-8,12-13H2,1-3H3. The highest BCUT2D eigenvalue weighted by molar-refractivity contribution is 6.30. The first-order chi connectivity index (χ1) is 10.1. The van der Waals surface area contributed by atoms with E-state index in [9.17, 15) is 0 Å². The largest absolute Gasteiger partial charge is 0.371 e. The number of hydrogen-bond acceptors (Lipinski definition) is 2. The van der Waals surface area contributed by atoms with E-state index in [0.29, 0.717) is 12.0 Å². The van der Waals surface area contributed by atoms with Crippen LogP contribution in [0.4, 0.5) is 5.69 Å². The zero-order chi connectivity index (χ0) is 15.2. The summed E-state index contributed by atoms with van der Waals surface area (Å²) >= 11 is 6.24. The highest BCUT2D eigenvalue weighted by atomic mass is 35.5. The molecule has 0 bridgehead atoms. The Labute approximate surface area is 134 Å². The smallest absolute Gasteiger partial charge is 0.0426 e. The van der Waals surface area contributed by atoms with Gasteiger partial charge in [0.2, 0.25) is 0 Å². The fraction of sp³-hybridized carbons (Fsp3) is 0.667. The molecule has 1 saturated carbocycles. The van der Waals surface area contributed by atoms with Gasteiger partial charge in [-0.2, -0.15) is 0 Å². The van der Waals surface area contributed by atoms with Crippen molar-refractivity contribution in [1.82, 2.24) is 5.32 Å². The highest BCUT2D eigenvalue weighted by Gasteiger charge is 2.20. The minimum atomic E-state index is 0.668. The van der Waals surface area contributed by atoms with E-state index in [2.05, 4.69) is 43.2 Å². The second-order valence-corrected chi connectivity index (χ2v) is 7.14. The molecule has 21 heavy (non-hydrogen) atoms. The molecule has 3 heteroatoms. The zero-order valence-electron chi connectivity index (χ0n) is 13.7. The van der Waals surface area contributed by atoms with E-state index < -0.39 is 0 Å². The molecular weight excluding hydrogens is 280 g/mol. The van der Waals surface area contributed by atoms with Crippen molar-refractivity contribution in [3.8, 4) is 0 Å². The maximum absolute atomic E-state index is 6.24. The molecule has 0 amide bonds. The van der Waals surface area contributed by atoms with Crippen LogP contribution >= 0.6 is 11.6 Å². The number of nitrogens with one attached hydrogen (secondary N) is 1. The lowest BCUT2D eigenvalue weighted by Crippen LogP contribution is -2.34.